The lowest BCUT2D eigenvalue weighted by atomic mass is 9.82. The molecule has 0 saturated heterocycles. The van der Waals surface area contributed by atoms with E-state index in [9.17, 15) is 0 Å². The van der Waals surface area contributed by atoms with Crippen molar-refractivity contribution in [3.8, 4) is 27.9 Å². The first kappa shape index (κ1) is 34.8. The molecule has 1 aromatic heterocycles. The third-order valence-electron chi connectivity index (χ3n) is 12.8. The van der Waals surface area contributed by atoms with E-state index in [1.54, 1.807) is 0 Å². The molecular formula is C55H46N2. The van der Waals surface area contributed by atoms with Gasteiger partial charge in [-0.05, 0) is 129 Å². The van der Waals surface area contributed by atoms with Crippen molar-refractivity contribution >= 4 is 45.7 Å². The number of hydrogen-bond acceptors (Lipinski definition) is 1. The number of fused-ring (bicyclic) bond motifs is 7. The number of benzene rings is 7. The molecule has 0 radical (unpaired) electrons. The molecule has 0 bridgehead atoms. The molecule has 2 aliphatic carbocycles. The van der Waals surface area contributed by atoms with Gasteiger partial charge in [-0.25, -0.2) is 0 Å². The Balaban J connectivity index is 1.09. The van der Waals surface area contributed by atoms with E-state index in [0.717, 1.165) is 28.4 Å². The molecule has 276 valence electrons. The first-order valence-corrected chi connectivity index (χ1v) is 20.1. The first-order chi connectivity index (χ1) is 27.7. The van der Waals surface area contributed by atoms with Gasteiger partial charge in [-0.2, -0.15) is 0 Å². The van der Waals surface area contributed by atoms with E-state index in [-0.39, 0.29) is 10.8 Å². The van der Waals surface area contributed by atoms with Crippen LogP contribution in [0.25, 0.3) is 56.6 Å². The van der Waals surface area contributed by atoms with Crippen LogP contribution < -0.4 is 4.90 Å². The minimum Gasteiger partial charge on any atom is -0.310 e. The highest BCUT2D eigenvalue weighted by atomic mass is 15.1. The minimum absolute atomic E-state index is 0.102. The van der Waals surface area contributed by atoms with Gasteiger partial charge in [0.15, 0.2) is 0 Å². The van der Waals surface area contributed by atoms with Gasteiger partial charge in [-0.3, -0.25) is 0 Å². The maximum Gasteiger partial charge on any atom is 0.0541 e. The molecule has 10 rings (SSSR count). The molecule has 1 heterocycles. The van der Waals surface area contributed by atoms with Crippen molar-refractivity contribution in [2.24, 2.45) is 0 Å². The topological polar surface area (TPSA) is 8.17 Å². The normalized spacial score (nSPS) is 14.5. The smallest absolute Gasteiger partial charge is 0.0541 e. The van der Waals surface area contributed by atoms with Crippen LogP contribution in [0.5, 0.6) is 0 Å². The van der Waals surface area contributed by atoms with E-state index in [0.29, 0.717) is 0 Å². The van der Waals surface area contributed by atoms with Gasteiger partial charge in [0.2, 0.25) is 0 Å². The average Bonchev–Trinajstić information content (AvgIpc) is 3.77. The predicted octanol–water partition coefficient (Wildman–Crippen LogP) is 14.9. The van der Waals surface area contributed by atoms with Crippen molar-refractivity contribution < 1.29 is 0 Å². The summed E-state index contributed by atoms with van der Waals surface area (Å²) in [4.78, 5) is 2.45. The van der Waals surface area contributed by atoms with Gasteiger partial charge in [-0.15, -0.1) is 0 Å². The zero-order chi connectivity index (χ0) is 39.1. The summed E-state index contributed by atoms with van der Waals surface area (Å²) in [6.45, 7) is 15.9. The SMILES string of the molecule is C=Cc1c(/C=C(\C)c2ccc(N(c3ccc4c(c3)C(C)(C)c3ccccc3-4)c3ccc4c(c3)C(C)(C)c3ccccc3-4)cc2)c2ccccc2n1-c1ccccc1. The summed E-state index contributed by atoms with van der Waals surface area (Å²) in [5, 5.41) is 1.21. The summed E-state index contributed by atoms with van der Waals surface area (Å²) in [5.41, 5.74) is 21.0. The first-order valence-electron chi connectivity index (χ1n) is 20.1. The molecule has 0 saturated carbocycles. The molecule has 0 fully saturated rings. The van der Waals surface area contributed by atoms with Crippen molar-refractivity contribution in [1.29, 1.82) is 0 Å². The van der Waals surface area contributed by atoms with Gasteiger partial charge < -0.3 is 9.47 Å². The van der Waals surface area contributed by atoms with Crippen molar-refractivity contribution in [1.82, 2.24) is 4.57 Å². The Morgan fingerprint density at radius 1 is 0.526 bits per heavy atom. The Labute approximate surface area is 336 Å². The number of rotatable bonds is 7. The van der Waals surface area contributed by atoms with Crippen LogP contribution >= 0.6 is 0 Å². The molecule has 0 amide bonds. The lowest BCUT2D eigenvalue weighted by Crippen LogP contribution is -2.18. The molecule has 57 heavy (non-hydrogen) atoms. The third-order valence-corrected chi connectivity index (χ3v) is 12.8. The number of nitrogens with zero attached hydrogens (tertiary/aromatic N) is 2. The van der Waals surface area contributed by atoms with Gasteiger partial charge >= 0.3 is 0 Å². The Bertz CT molecular complexity index is 2810. The van der Waals surface area contributed by atoms with Gasteiger partial charge in [0.05, 0.1) is 11.2 Å². The van der Waals surface area contributed by atoms with Gasteiger partial charge in [0.1, 0.15) is 0 Å². The highest BCUT2D eigenvalue weighted by Crippen LogP contribution is 2.53. The third kappa shape index (κ3) is 5.31. The Hall–Kier alpha value is -6.64. The highest BCUT2D eigenvalue weighted by Gasteiger charge is 2.37. The number of aromatic nitrogens is 1. The predicted molar refractivity (Wildman–Crippen MR) is 243 cm³/mol. The second-order valence-electron chi connectivity index (χ2n) is 16.7. The summed E-state index contributed by atoms with van der Waals surface area (Å²) >= 11 is 0. The van der Waals surface area contributed by atoms with Crippen LogP contribution in [0.15, 0.2) is 170 Å². The summed E-state index contributed by atoms with van der Waals surface area (Å²) in [5.74, 6) is 0. The molecule has 2 nitrogen and oxygen atoms in total. The molecule has 8 aromatic rings. The number of anilines is 3. The van der Waals surface area contributed by atoms with Crippen molar-refractivity contribution in [3.63, 3.8) is 0 Å². The number of para-hydroxylation sites is 2. The second-order valence-corrected chi connectivity index (χ2v) is 16.7. The van der Waals surface area contributed by atoms with Crippen LogP contribution in [-0.4, -0.2) is 4.57 Å². The summed E-state index contributed by atoms with van der Waals surface area (Å²) in [7, 11) is 0. The molecule has 0 atom stereocenters. The van der Waals surface area contributed by atoms with Gasteiger partial charge in [-0.1, -0.05) is 143 Å². The quantitative estimate of drug-likeness (QED) is 0.158. The van der Waals surface area contributed by atoms with Crippen LogP contribution in [0, 0.1) is 0 Å². The zero-order valence-corrected chi connectivity index (χ0v) is 33.3. The van der Waals surface area contributed by atoms with E-state index in [2.05, 4.69) is 221 Å². The fourth-order valence-corrected chi connectivity index (χ4v) is 9.78. The fourth-order valence-electron chi connectivity index (χ4n) is 9.78. The second kappa shape index (κ2) is 13.0. The van der Waals surface area contributed by atoms with Crippen LogP contribution in [-0.2, 0) is 10.8 Å². The number of hydrogen-bond donors (Lipinski definition) is 0. The van der Waals surface area contributed by atoms with Crippen LogP contribution in [0.4, 0.5) is 17.1 Å². The Morgan fingerprint density at radius 2 is 1.02 bits per heavy atom. The van der Waals surface area contributed by atoms with Crippen LogP contribution in [0.1, 0.15) is 73.7 Å². The highest BCUT2D eigenvalue weighted by molar-refractivity contribution is 5.99. The maximum atomic E-state index is 4.27. The molecule has 0 unspecified atom stereocenters. The summed E-state index contributed by atoms with van der Waals surface area (Å²) < 4.78 is 2.31. The molecule has 0 N–H and O–H groups in total. The lowest BCUT2D eigenvalue weighted by molar-refractivity contribution is 0.660. The Morgan fingerprint density at radius 3 is 1.60 bits per heavy atom. The van der Waals surface area contributed by atoms with E-state index in [1.807, 2.05) is 6.08 Å². The van der Waals surface area contributed by atoms with E-state index < -0.39 is 0 Å². The monoisotopic (exact) mass is 734 g/mol. The van der Waals surface area contributed by atoms with Crippen molar-refractivity contribution in [3.05, 3.63) is 209 Å². The molecular weight excluding hydrogens is 689 g/mol. The zero-order valence-electron chi connectivity index (χ0n) is 33.3. The van der Waals surface area contributed by atoms with Gasteiger partial charge in [0.25, 0.3) is 0 Å². The molecule has 2 heteroatoms. The number of allylic oxidation sites excluding steroid dienone is 1. The summed E-state index contributed by atoms with van der Waals surface area (Å²) in [6.07, 6.45) is 4.31. The maximum absolute atomic E-state index is 4.27. The average molecular weight is 735 g/mol. The summed E-state index contributed by atoms with van der Waals surface area (Å²) in [6, 6.07) is 60.3. The van der Waals surface area contributed by atoms with Crippen LogP contribution in [0.3, 0.4) is 0 Å². The van der Waals surface area contributed by atoms with Crippen LogP contribution in [0.2, 0.25) is 0 Å². The molecule has 2 aliphatic rings. The molecule has 0 spiro atoms. The lowest BCUT2D eigenvalue weighted by Gasteiger charge is -2.30. The molecule has 0 aliphatic heterocycles. The Kier molecular flexibility index (Phi) is 7.92. The van der Waals surface area contributed by atoms with E-state index in [4.69, 9.17) is 0 Å². The fraction of sp³-hybridized carbons (Fsp3) is 0.127. The molecule has 7 aromatic carbocycles. The van der Waals surface area contributed by atoms with E-state index in [1.165, 1.54) is 72.1 Å². The van der Waals surface area contributed by atoms with Crippen molar-refractivity contribution in [2.75, 3.05) is 4.90 Å². The largest absolute Gasteiger partial charge is 0.310 e. The van der Waals surface area contributed by atoms with Crippen molar-refractivity contribution in [2.45, 2.75) is 45.4 Å². The standard InChI is InChI=1S/C55H46N2/c1-7-52-47(46-21-13-16-24-53(46)57(52)38-17-9-8-10-18-38)33-36(2)37-25-27-39(28-26-37)56(40-29-31-44-42-19-11-14-22-48(42)54(3,4)50(44)34-40)41-30-32-45-43-20-12-15-23-49(43)55(5,6)51(45)35-41/h7-35H,1H2,2-6H3/b36-33+. The van der Waals surface area contributed by atoms with E-state index >= 15 is 0 Å². The van der Waals surface area contributed by atoms with Gasteiger partial charge in [0, 0.05) is 44.5 Å². The minimum atomic E-state index is -0.102.